The molecule has 1 fully saturated rings. The van der Waals surface area contributed by atoms with Gasteiger partial charge in [-0.1, -0.05) is 13.0 Å². The van der Waals surface area contributed by atoms with Crippen LogP contribution in [0.2, 0.25) is 0 Å². The minimum atomic E-state index is -0.470. The van der Waals surface area contributed by atoms with E-state index in [1.165, 1.54) is 12.8 Å². The van der Waals surface area contributed by atoms with Gasteiger partial charge in [0.15, 0.2) is 0 Å². The number of anilines is 1. The maximum atomic E-state index is 9.86. The van der Waals surface area contributed by atoms with Gasteiger partial charge in [0.05, 0.1) is 6.10 Å². The van der Waals surface area contributed by atoms with Crippen LogP contribution < -0.4 is 4.90 Å². The summed E-state index contributed by atoms with van der Waals surface area (Å²) in [6.07, 6.45) is 3.67. The average Bonchev–Trinajstić information content (AvgIpc) is 2.46. The van der Waals surface area contributed by atoms with E-state index in [4.69, 9.17) is 0 Å². The van der Waals surface area contributed by atoms with Crippen LogP contribution in [0.25, 0.3) is 0 Å². The van der Waals surface area contributed by atoms with Gasteiger partial charge in [0.1, 0.15) is 5.82 Å². The molecule has 0 aliphatic carbocycles. The number of piperidine rings is 1. The molecule has 0 saturated carbocycles. The first-order valence-corrected chi connectivity index (χ1v) is 7.21. The second-order valence-corrected chi connectivity index (χ2v) is 5.37. The molecule has 1 aromatic heterocycles. The van der Waals surface area contributed by atoms with E-state index < -0.39 is 6.10 Å². The summed E-state index contributed by atoms with van der Waals surface area (Å²) >= 11 is 0. The van der Waals surface area contributed by atoms with Crippen LogP contribution in [0.3, 0.4) is 0 Å². The number of aromatic nitrogens is 1. The zero-order valence-corrected chi connectivity index (χ0v) is 12.2. The highest BCUT2D eigenvalue weighted by atomic mass is 16.3. The van der Waals surface area contributed by atoms with Crippen molar-refractivity contribution < 1.29 is 5.11 Å². The SMILES string of the molecule is CCN1CCC(N(C)c2ncccc2[C@H](C)O)CC1. The number of aliphatic hydroxyl groups excluding tert-OH is 1. The number of rotatable bonds is 4. The van der Waals surface area contributed by atoms with Crippen LogP contribution in [0.15, 0.2) is 18.3 Å². The van der Waals surface area contributed by atoms with E-state index in [-0.39, 0.29) is 0 Å². The minimum Gasteiger partial charge on any atom is -0.389 e. The Hall–Kier alpha value is -1.13. The third-order valence-corrected chi connectivity index (χ3v) is 4.15. The zero-order chi connectivity index (χ0) is 13.8. The predicted octanol–water partition coefficient (Wildman–Crippen LogP) is 2.06. The van der Waals surface area contributed by atoms with Crippen LogP contribution in [0.1, 0.15) is 38.4 Å². The molecule has 0 unspecified atom stereocenters. The molecular formula is C15H25N3O. The van der Waals surface area contributed by atoms with Gasteiger partial charge in [-0.05, 0) is 32.4 Å². The summed E-state index contributed by atoms with van der Waals surface area (Å²) in [4.78, 5) is 9.20. The molecule has 0 aromatic carbocycles. The molecule has 2 heterocycles. The molecule has 4 nitrogen and oxygen atoms in total. The Balaban J connectivity index is 2.10. The Kier molecular flexibility index (Phi) is 4.77. The van der Waals surface area contributed by atoms with Crippen molar-refractivity contribution >= 4 is 5.82 Å². The molecule has 4 heteroatoms. The molecule has 0 amide bonds. The number of likely N-dealkylation sites (tertiary alicyclic amines) is 1. The van der Waals surface area contributed by atoms with E-state index in [0.29, 0.717) is 6.04 Å². The highest BCUT2D eigenvalue weighted by molar-refractivity contribution is 5.48. The molecule has 1 aromatic rings. The lowest BCUT2D eigenvalue weighted by molar-refractivity contribution is 0.197. The van der Waals surface area contributed by atoms with Gasteiger partial charge in [0.2, 0.25) is 0 Å². The number of nitrogens with zero attached hydrogens (tertiary/aromatic N) is 3. The van der Waals surface area contributed by atoms with Crippen molar-refractivity contribution in [2.75, 3.05) is 31.6 Å². The fraction of sp³-hybridized carbons (Fsp3) is 0.667. The van der Waals surface area contributed by atoms with E-state index in [9.17, 15) is 5.11 Å². The molecule has 0 bridgehead atoms. The fourth-order valence-corrected chi connectivity index (χ4v) is 2.83. The summed E-state index contributed by atoms with van der Waals surface area (Å²) in [6.45, 7) is 7.46. The largest absolute Gasteiger partial charge is 0.389 e. The highest BCUT2D eigenvalue weighted by Crippen LogP contribution is 2.27. The van der Waals surface area contributed by atoms with Crippen LogP contribution in [0.5, 0.6) is 0 Å². The highest BCUT2D eigenvalue weighted by Gasteiger charge is 2.24. The summed E-state index contributed by atoms with van der Waals surface area (Å²) < 4.78 is 0. The summed E-state index contributed by atoms with van der Waals surface area (Å²) in [6, 6.07) is 4.37. The summed E-state index contributed by atoms with van der Waals surface area (Å²) in [7, 11) is 2.10. The van der Waals surface area contributed by atoms with E-state index in [2.05, 4.69) is 28.8 Å². The maximum absolute atomic E-state index is 9.86. The van der Waals surface area contributed by atoms with Gasteiger partial charge < -0.3 is 14.9 Å². The van der Waals surface area contributed by atoms with Gasteiger partial charge >= 0.3 is 0 Å². The van der Waals surface area contributed by atoms with Crippen LogP contribution in [-0.4, -0.2) is 47.7 Å². The molecule has 2 rings (SSSR count). The molecule has 1 saturated heterocycles. The van der Waals surface area contributed by atoms with Gasteiger partial charge in [-0.2, -0.15) is 0 Å². The van der Waals surface area contributed by atoms with Gasteiger partial charge in [-0.25, -0.2) is 4.98 Å². The Bertz CT molecular complexity index is 400. The lowest BCUT2D eigenvalue weighted by atomic mass is 10.0. The van der Waals surface area contributed by atoms with E-state index in [1.807, 2.05) is 12.1 Å². The summed E-state index contributed by atoms with van der Waals surface area (Å²) in [5, 5.41) is 9.86. The topological polar surface area (TPSA) is 39.6 Å². The third-order valence-electron chi connectivity index (χ3n) is 4.15. The van der Waals surface area contributed by atoms with Crippen molar-refractivity contribution in [3.8, 4) is 0 Å². The van der Waals surface area contributed by atoms with Crippen molar-refractivity contribution in [1.82, 2.24) is 9.88 Å². The number of hydrogen-bond acceptors (Lipinski definition) is 4. The van der Waals surface area contributed by atoms with E-state index in [0.717, 1.165) is 31.0 Å². The standard InChI is InChI=1S/C15H25N3O/c1-4-18-10-7-13(8-11-18)17(3)15-14(12(2)19)6-5-9-16-15/h5-6,9,12-13,19H,4,7-8,10-11H2,1-3H3/t12-/m0/s1. The maximum Gasteiger partial charge on any atom is 0.134 e. The number of hydrogen-bond donors (Lipinski definition) is 1. The lowest BCUT2D eigenvalue weighted by Crippen LogP contribution is -2.43. The van der Waals surface area contributed by atoms with Gasteiger partial charge in [0.25, 0.3) is 0 Å². The monoisotopic (exact) mass is 263 g/mol. The Morgan fingerprint density at radius 3 is 2.74 bits per heavy atom. The Morgan fingerprint density at radius 1 is 1.47 bits per heavy atom. The normalized spacial score (nSPS) is 19.4. The molecule has 0 radical (unpaired) electrons. The summed E-state index contributed by atoms with van der Waals surface area (Å²) in [5.41, 5.74) is 0.919. The smallest absolute Gasteiger partial charge is 0.134 e. The molecule has 106 valence electrons. The molecule has 1 aliphatic rings. The van der Waals surface area contributed by atoms with Crippen LogP contribution >= 0.6 is 0 Å². The second-order valence-electron chi connectivity index (χ2n) is 5.37. The molecule has 1 atom stereocenters. The van der Waals surface area contributed by atoms with Crippen LogP contribution in [0, 0.1) is 0 Å². The zero-order valence-electron chi connectivity index (χ0n) is 12.2. The van der Waals surface area contributed by atoms with E-state index in [1.54, 1.807) is 13.1 Å². The molecule has 1 N–H and O–H groups in total. The fourth-order valence-electron chi connectivity index (χ4n) is 2.83. The van der Waals surface area contributed by atoms with E-state index >= 15 is 0 Å². The van der Waals surface area contributed by atoms with Gasteiger partial charge in [-0.15, -0.1) is 0 Å². The number of aliphatic hydroxyl groups is 1. The minimum absolute atomic E-state index is 0.470. The van der Waals surface area contributed by atoms with Crippen LogP contribution in [-0.2, 0) is 0 Å². The quantitative estimate of drug-likeness (QED) is 0.902. The molecule has 0 spiro atoms. The second kappa shape index (κ2) is 6.35. The van der Waals surface area contributed by atoms with Gasteiger partial charge in [0, 0.05) is 37.9 Å². The first-order valence-electron chi connectivity index (χ1n) is 7.21. The average molecular weight is 263 g/mol. The molecular weight excluding hydrogens is 238 g/mol. The van der Waals surface area contributed by atoms with Crippen LogP contribution in [0.4, 0.5) is 5.82 Å². The summed E-state index contributed by atoms with van der Waals surface area (Å²) in [5.74, 6) is 0.924. The first kappa shape index (κ1) is 14.3. The Morgan fingerprint density at radius 2 is 2.16 bits per heavy atom. The van der Waals surface area contributed by atoms with Crippen molar-refractivity contribution in [3.05, 3.63) is 23.9 Å². The van der Waals surface area contributed by atoms with Gasteiger partial charge in [-0.3, -0.25) is 0 Å². The van der Waals surface area contributed by atoms with Crippen molar-refractivity contribution in [3.63, 3.8) is 0 Å². The van der Waals surface area contributed by atoms with Crippen molar-refractivity contribution in [2.24, 2.45) is 0 Å². The third kappa shape index (κ3) is 3.25. The molecule has 19 heavy (non-hydrogen) atoms. The van der Waals surface area contributed by atoms with Crippen molar-refractivity contribution in [1.29, 1.82) is 0 Å². The first-order chi connectivity index (χ1) is 9.13. The predicted molar refractivity (Wildman–Crippen MR) is 78.4 cm³/mol. The van der Waals surface area contributed by atoms with Crippen molar-refractivity contribution in [2.45, 2.75) is 38.8 Å². The number of pyridine rings is 1. The lowest BCUT2D eigenvalue weighted by Gasteiger charge is -2.37. The Labute approximate surface area is 116 Å². The molecule has 1 aliphatic heterocycles.